The van der Waals surface area contributed by atoms with E-state index in [1.165, 1.54) is 7.11 Å². The molecule has 12 nitrogen and oxygen atoms in total. The van der Waals surface area contributed by atoms with Crippen LogP contribution in [-0.2, 0) is 36.8 Å². The molecule has 6 atom stereocenters. The molecule has 0 saturated heterocycles. The number of carbonyl (C=O) groups excluding carboxylic acids is 4. The largest absolute Gasteiger partial charge is 0.497 e. The molecule has 0 saturated carbocycles. The third-order valence-corrected chi connectivity index (χ3v) is 8.29. The molecule has 0 aromatic heterocycles. The van der Waals surface area contributed by atoms with Gasteiger partial charge in [0.1, 0.15) is 23.9 Å². The van der Waals surface area contributed by atoms with E-state index in [9.17, 15) is 34.2 Å². The molecular formula is C36H52N4O8. The molecule has 0 aliphatic rings. The first-order valence-electron chi connectivity index (χ1n) is 16.4. The molecule has 0 heterocycles. The molecule has 2 aromatic rings. The number of aliphatic carboxylic acids is 1. The molecule has 0 aliphatic heterocycles. The fraction of sp³-hybridized carbons (Fsp3) is 0.528. The Kier molecular flexibility index (Phi) is 16.0. The number of aliphatic hydroxyl groups excluding tert-OH is 1. The highest BCUT2D eigenvalue weighted by Gasteiger charge is 2.33. The Labute approximate surface area is 283 Å². The van der Waals surface area contributed by atoms with Crippen LogP contribution in [0.2, 0.25) is 0 Å². The molecule has 2 aromatic carbocycles. The van der Waals surface area contributed by atoms with Crippen LogP contribution in [0.15, 0.2) is 54.6 Å². The summed E-state index contributed by atoms with van der Waals surface area (Å²) in [4.78, 5) is 64.6. The van der Waals surface area contributed by atoms with Crippen molar-refractivity contribution in [3.63, 3.8) is 0 Å². The normalized spacial score (nSPS) is 15.0. The average molecular weight is 669 g/mol. The molecular weight excluding hydrogens is 616 g/mol. The van der Waals surface area contributed by atoms with Gasteiger partial charge in [-0.1, -0.05) is 90.4 Å². The van der Waals surface area contributed by atoms with Gasteiger partial charge in [0.05, 0.1) is 32.1 Å². The maximum atomic E-state index is 13.6. The van der Waals surface area contributed by atoms with E-state index in [1.54, 1.807) is 58.9 Å². The predicted molar refractivity (Wildman–Crippen MR) is 182 cm³/mol. The van der Waals surface area contributed by atoms with Gasteiger partial charge in [-0.05, 0) is 47.4 Å². The molecule has 0 unspecified atom stereocenters. The van der Waals surface area contributed by atoms with Crippen LogP contribution in [0.3, 0.4) is 0 Å². The van der Waals surface area contributed by atoms with Crippen molar-refractivity contribution in [2.75, 3.05) is 7.11 Å². The van der Waals surface area contributed by atoms with Crippen LogP contribution in [0.25, 0.3) is 0 Å². The Morgan fingerprint density at radius 3 is 1.88 bits per heavy atom. The predicted octanol–water partition coefficient (Wildman–Crippen LogP) is 2.61. The number of hydrogen-bond acceptors (Lipinski definition) is 7. The zero-order valence-corrected chi connectivity index (χ0v) is 29.0. The van der Waals surface area contributed by atoms with E-state index < -0.39 is 60.4 Å². The molecule has 12 heteroatoms. The molecule has 6 N–H and O–H groups in total. The van der Waals surface area contributed by atoms with Crippen molar-refractivity contribution in [2.45, 2.75) is 97.5 Å². The maximum Gasteiger partial charge on any atom is 0.326 e. The number of ether oxygens (including phenoxy) is 1. The summed E-state index contributed by atoms with van der Waals surface area (Å²) in [5.41, 5.74) is 1.51. The lowest BCUT2D eigenvalue weighted by atomic mass is 9.95. The number of amides is 4. The van der Waals surface area contributed by atoms with Crippen LogP contribution in [-0.4, -0.2) is 77.2 Å². The monoisotopic (exact) mass is 668 g/mol. The minimum Gasteiger partial charge on any atom is -0.497 e. The Hall–Kier alpha value is -4.45. The lowest BCUT2D eigenvalue weighted by Crippen LogP contribution is -2.57. The van der Waals surface area contributed by atoms with Crippen LogP contribution in [0.5, 0.6) is 5.75 Å². The first-order chi connectivity index (χ1) is 22.7. The molecule has 48 heavy (non-hydrogen) atoms. The standard InChI is InChI=1S/C36H52N4O8/c1-8-23(6)33(35(45)40-32(22(4)5)36(46)47)39-30(43)20-28(41)27(18-24-13-10-9-11-14-24)37-34(44)31(21(2)3)38-29(42)19-25-15-12-16-26(17-25)48-7/h9-17,21-23,27-28,31-33,41H,8,18-20H2,1-7H3,(H,37,44)(H,38,42)(H,39,43)(H,40,45)(H,46,47)/t23-,27-,28-,31-,32-,33-/m0/s1. The van der Waals surface area contributed by atoms with E-state index in [-0.39, 0.29) is 36.5 Å². The second kappa shape index (κ2) is 19.4. The average Bonchev–Trinajstić information content (AvgIpc) is 3.04. The van der Waals surface area contributed by atoms with Crippen molar-refractivity contribution in [3.05, 3.63) is 65.7 Å². The van der Waals surface area contributed by atoms with Crippen molar-refractivity contribution >= 4 is 29.6 Å². The van der Waals surface area contributed by atoms with E-state index in [1.807, 2.05) is 37.3 Å². The molecule has 0 fully saturated rings. The van der Waals surface area contributed by atoms with Gasteiger partial charge >= 0.3 is 5.97 Å². The van der Waals surface area contributed by atoms with Gasteiger partial charge < -0.3 is 36.2 Å². The quantitative estimate of drug-likeness (QED) is 0.132. The van der Waals surface area contributed by atoms with E-state index in [4.69, 9.17) is 4.74 Å². The second-order valence-corrected chi connectivity index (χ2v) is 12.9. The van der Waals surface area contributed by atoms with Crippen LogP contribution in [0.4, 0.5) is 0 Å². The lowest BCUT2D eigenvalue weighted by molar-refractivity contribution is -0.143. The number of carboxylic acid groups (broad SMARTS) is 1. The topological polar surface area (TPSA) is 183 Å². The minimum atomic E-state index is -1.36. The van der Waals surface area contributed by atoms with Crippen LogP contribution >= 0.6 is 0 Å². The first-order valence-corrected chi connectivity index (χ1v) is 16.4. The zero-order chi connectivity index (χ0) is 36.0. The maximum absolute atomic E-state index is 13.6. The molecule has 0 aliphatic carbocycles. The molecule has 0 spiro atoms. The Balaban J connectivity index is 2.21. The highest BCUT2D eigenvalue weighted by atomic mass is 16.5. The summed E-state index contributed by atoms with van der Waals surface area (Å²) < 4.78 is 5.23. The van der Waals surface area contributed by atoms with E-state index in [0.29, 0.717) is 17.7 Å². The minimum absolute atomic E-state index is 0.0270. The molecule has 264 valence electrons. The number of aliphatic hydroxyl groups is 1. The number of carbonyl (C=O) groups is 5. The molecule has 4 amide bonds. The van der Waals surface area contributed by atoms with Gasteiger partial charge in [-0.25, -0.2) is 4.79 Å². The van der Waals surface area contributed by atoms with E-state index in [0.717, 1.165) is 5.56 Å². The molecule has 0 radical (unpaired) electrons. The zero-order valence-electron chi connectivity index (χ0n) is 29.0. The molecule has 2 rings (SSSR count). The van der Waals surface area contributed by atoms with Gasteiger partial charge in [0.2, 0.25) is 23.6 Å². The third-order valence-electron chi connectivity index (χ3n) is 8.29. The van der Waals surface area contributed by atoms with Crippen molar-refractivity contribution in [1.29, 1.82) is 0 Å². The summed E-state index contributed by atoms with van der Waals surface area (Å²) in [5.74, 6) is -3.75. The van der Waals surface area contributed by atoms with Gasteiger partial charge in [-0.2, -0.15) is 0 Å². The number of benzene rings is 2. The second-order valence-electron chi connectivity index (χ2n) is 12.9. The first kappa shape index (κ1) is 39.7. The number of rotatable bonds is 19. The number of methoxy groups -OCH3 is 1. The summed E-state index contributed by atoms with van der Waals surface area (Å²) >= 11 is 0. The molecule has 0 bridgehead atoms. The lowest BCUT2D eigenvalue weighted by Gasteiger charge is -2.30. The Morgan fingerprint density at radius 1 is 0.729 bits per heavy atom. The van der Waals surface area contributed by atoms with Gasteiger partial charge in [-0.15, -0.1) is 0 Å². The summed E-state index contributed by atoms with van der Waals surface area (Å²) in [7, 11) is 1.54. The fourth-order valence-electron chi connectivity index (χ4n) is 5.17. The van der Waals surface area contributed by atoms with Crippen molar-refractivity contribution in [2.24, 2.45) is 17.8 Å². The third kappa shape index (κ3) is 12.6. The Morgan fingerprint density at radius 2 is 1.31 bits per heavy atom. The summed E-state index contributed by atoms with van der Waals surface area (Å²) in [6.07, 6.45) is -1.07. The Bertz CT molecular complexity index is 1370. The van der Waals surface area contributed by atoms with Crippen molar-refractivity contribution in [1.82, 2.24) is 21.3 Å². The van der Waals surface area contributed by atoms with Crippen LogP contribution in [0, 0.1) is 17.8 Å². The smallest absolute Gasteiger partial charge is 0.326 e. The fourth-order valence-corrected chi connectivity index (χ4v) is 5.17. The van der Waals surface area contributed by atoms with Crippen LogP contribution < -0.4 is 26.0 Å². The summed E-state index contributed by atoms with van der Waals surface area (Å²) in [5, 5.41) is 31.7. The van der Waals surface area contributed by atoms with Gasteiger partial charge in [0.25, 0.3) is 0 Å². The summed E-state index contributed by atoms with van der Waals surface area (Å²) in [6, 6.07) is 12.2. The van der Waals surface area contributed by atoms with Crippen LogP contribution in [0.1, 0.15) is 65.5 Å². The number of carboxylic acids is 1. The van der Waals surface area contributed by atoms with E-state index >= 15 is 0 Å². The number of nitrogens with one attached hydrogen (secondary N) is 4. The van der Waals surface area contributed by atoms with Gasteiger partial charge in [0.15, 0.2) is 0 Å². The SMILES string of the molecule is CC[C@H](C)[C@H](NC(=O)C[C@H](O)[C@H](Cc1ccccc1)NC(=O)[C@@H](NC(=O)Cc1cccc(OC)c1)C(C)C)C(=O)N[C@H](C(=O)O)C(C)C. The van der Waals surface area contributed by atoms with Crippen molar-refractivity contribution in [3.8, 4) is 5.75 Å². The van der Waals surface area contributed by atoms with E-state index in [2.05, 4.69) is 21.3 Å². The van der Waals surface area contributed by atoms with Gasteiger partial charge in [0, 0.05) is 0 Å². The van der Waals surface area contributed by atoms with Crippen molar-refractivity contribution < 1.29 is 38.9 Å². The summed E-state index contributed by atoms with van der Waals surface area (Å²) in [6.45, 7) is 10.5. The number of hydrogen-bond donors (Lipinski definition) is 6. The highest BCUT2D eigenvalue weighted by molar-refractivity contribution is 5.91. The highest BCUT2D eigenvalue weighted by Crippen LogP contribution is 2.15. The van der Waals surface area contributed by atoms with Gasteiger partial charge in [-0.3, -0.25) is 19.2 Å².